The van der Waals surface area contributed by atoms with E-state index in [0.717, 1.165) is 17.6 Å². The fourth-order valence-electron chi connectivity index (χ4n) is 1.83. The van der Waals surface area contributed by atoms with Gasteiger partial charge in [0.1, 0.15) is 5.75 Å². The summed E-state index contributed by atoms with van der Waals surface area (Å²) in [7, 11) is -1.48. The lowest BCUT2D eigenvalue weighted by atomic mass is 10.0. The fraction of sp³-hybridized carbons (Fsp3) is 0.538. The number of methoxy groups -OCH3 is 1. The van der Waals surface area contributed by atoms with E-state index in [1.54, 1.807) is 7.11 Å². The Balaban J connectivity index is 2.58. The lowest BCUT2D eigenvalue weighted by molar-refractivity contribution is 0.401. The van der Waals surface area contributed by atoms with Crippen LogP contribution in [-0.4, -0.2) is 34.9 Å². The van der Waals surface area contributed by atoms with E-state index in [2.05, 4.69) is 16.1 Å². The second-order valence-corrected chi connectivity index (χ2v) is 6.42. The summed E-state index contributed by atoms with van der Waals surface area (Å²) in [6, 6.07) is 6.11. The van der Waals surface area contributed by atoms with Crippen molar-refractivity contribution in [1.29, 1.82) is 0 Å². The van der Waals surface area contributed by atoms with E-state index in [1.807, 2.05) is 26.0 Å². The van der Waals surface area contributed by atoms with Gasteiger partial charge in [-0.25, -0.2) is 13.1 Å². The maximum absolute atomic E-state index is 10.9. The Bertz CT molecular complexity index is 515. The van der Waals surface area contributed by atoms with Crippen LogP contribution in [0.3, 0.4) is 0 Å². The van der Waals surface area contributed by atoms with Crippen LogP contribution in [0.5, 0.6) is 5.75 Å². The van der Waals surface area contributed by atoms with Crippen molar-refractivity contribution >= 4 is 10.0 Å². The fourth-order valence-corrected chi connectivity index (χ4v) is 2.30. The zero-order chi connectivity index (χ0) is 14.5. The number of nitrogens with one attached hydrogen (secondary N) is 2. The molecule has 1 aromatic carbocycles. The van der Waals surface area contributed by atoms with Gasteiger partial charge in [-0.05, 0) is 19.9 Å². The summed E-state index contributed by atoms with van der Waals surface area (Å²) in [5, 5.41) is 3.27. The van der Waals surface area contributed by atoms with E-state index >= 15 is 0 Å². The summed E-state index contributed by atoms with van der Waals surface area (Å²) >= 11 is 0. The summed E-state index contributed by atoms with van der Waals surface area (Å²) < 4.78 is 29.6. The first-order valence-electron chi connectivity index (χ1n) is 6.16. The van der Waals surface area contributed by atoms with E-state index in [4.69, 9.17) is 4.74 Å². The van der Waals surface area contributed by atoms with Gasteiger partial charge in [-0.2, -0.15) is 0 Å². The third-order valence-corrected chi connectivity index (χ3v) is 3.52. The zero-order valence-electron chi connectivity index (χ0n) is 11.9. The van der Waals surface area contributed by atoms with Crippen molar-refractivity contribution < 1.29 is 13.2 Å². The molecule has 0 saturated carbocycles. The summed E-state index contributed by atoms with van der Waals surface area (Å²) in [5.41, 5.74) is 2.24. The Labute approximate surface area is 115 Å². The SMILES string of the molecule is COc1ccc(C)cc1C(C)NCCNS(C)(=O)=O. The number of sulfonamides is 1. The number of aryl methyl sites for hydroxylation is 1. The predicted octanol–water partition coefficient (Wildman–Crippen LogP) is 1.20. The summed E-state index contributed by atoms with van der Waals surface area (Å²) in [6.07, 6.45) is 1.15. The van der Waals surface area contributed by atoms with Crippen LogP contribution in [0.1, 0.15) is 24.1 Å². The van der Waals surface area contributed by atoms with Crippen LogP contribution in [0, 0.1) is 6.92 Å². The van der Waals surface area contributed by atoms with Crippen molar-refractivity contribution in [2.24, 2.45) is 0 Å². The molecule has 19 heavy (non-hydrogen) atoms. The third-order valence-electron chi connectivity index (χ3n) is 2.79. The topological polar surface area (TPSA) is 67.4 Å². The van der Waals surface area contributed by atoms with Crippen LogP contribution < -0.4 is 14.8 Å². The Morgan fingerprint density at radius 2 is 2.00 bits per heavy atom. The van der Waals surface area contributed by atoms with Crippen LogP contribution in [0.25, 0.3) is 0 Å². The minimum atomic E-state index is -3.12. The number of ether oxygens (including phenoxy) is 1. The minimum absolute atomic E-state index is 0.0937. The molecule has 1 unspecified atom stereocenters. The van der Waals surface area contributed by atoms with Gasteiger partial charge in [-0.1, -0.05) is 17.7 Å². The standard InChI is InChI=1S/C13H22N2O3S/c1-10-5-6-13(18-3)12(9-10)11(2)14-7-8-15-19(4,16)17/h5-6,9,11,14-15H,7-8H2,1-4H3. The molecule has 2 N–H and O–H groups in total. The number of benzene rings is 1. The van der Waals surface area contributed by atoms with Gasteiger partial charge in [0, 0.05) is 24.7 Å². The Hall–Kier alpha value is -1.11. The molecular weight excluding hydrogens is 264 g/mol. The first-order valence-corrected chi connectivity index (χ1v) is 8.05. The molecule has 0 radical (unpaired) electrons. The van der Waals surface area contributed by atoms with Crippen molar-refractivity contribution in [2.45, 2.75) is 19.9 Å². The predicted molar refractivity (Wildman–Crippen MR) is 77.0 cm³/mol. The van der Waals surface area contributed by atoms with Crippen LogP contribution >= 0.6 is 0 Å². The molecule has 0 spiro atoms. The first kappa shape index (κ1) is 15.9. The average Bonchev–Trinajstić information content (AvgIpc) is 2.33. The maximum Gasteiger partial charge on any atom is 0.208 e. The molecule has 1 rings (SSSR count). The van der Waals surface area contributed by atoms with Gasteiger partial charge in [0.2, 0.25) is 10.0 Å². The van der Waals surface area contributed by atoms with Crippen molar-refractivity contribution in [2.75, 3.05) is 26.5 Å². The van der Waals surface area contributed by atoms with E-state index < -0.39 is 10.0 Å². The van der Waals surface area contributed by atoms with Crippen molar-refractivity contribution in [3.63, 3.8) is 0 Å². The molecule has 5 nitrogen and oxygen atoms in total. The Kier molecular flexibility index (Phi) is 5.78. The summed E-state index contributed by atoms with van der Waals surface area (Å²) in [6.45, 7) is 4.99. The van der Waals surface area contributed by atoms with E-state index in [-0.39, 0.29) is 6.04 Å². The third kappa shape index (κ3) is 5.59. The number of hydrogen-bond donors (Lipinski definition) is 2. The highest BCUT2D eigenvalue weighted by Gasteiger charge is 2.11. The zero-order valence-corrected chi connectivity index (χ0v) is 12.7. The van der Waals surface area contributed by atoms with Gasteiger partial charge in [0.05, 0.1) is 13.4 Å². The quantitative estimate of drug-likeness (QED) is 0.739. The van der Waals surface area contributed by atoms with Gasteiger partial charge in [-0.15, -0.1) is 0 Å². The van der Waals surface area contributed by atoms with E-state index in [1.165, 1.54) is 5.56 Å². The van der Waals surface area contributed by atoms with Crippen LogP contribution in [-0.2, 0) is 10.0 Å². The molecule has 0 aliphatic rings. The molecule has 1 atom stereocenters. The van der Waals surface area contributed by atoms with Crippen LogP contribution in [0.15, 0.2) is 18.2 Å². The molecule has 108 valence electrons. The number of rotatable bonds is 7. The molecule has 0 amide bonds. The number of hydrogen-bond acceptors (Lipinski definition) is 4. The minimum Gasteiger partial charge on any atom is -0.496 e. The molecule has 0 bridgehead atoms. The van der Waals surface area contributed by atoms with Crippen molar-refractivity contribution in [3.05, 3.63) is 29.3 Å². The molecule has 0 aliphatic heterocycles. The van der Waals surface area contributed by atoms with Gasteiger partial charge >= 0.3 is 0 Å². The Morgan fingerprint density at radius 1 is 1.32 bits per heavy atom. The maximum atomic E-state index is 10.9. The smallest absolute Gasteiger partial charge is 0.208 e. The molecular formula is C13H22N2O3S. The van der Waals surface area contributed by atoms with Gasteiger partial charge in [0.25, 0.3) is 0 Å². The molecule has 0 aliphatic carbocycles. The normalized spacial score (nSPS) is 13.3. The highest BCUT2D eigenvalue weighted by molar-refractivity contribution is 7.88. The van der Waals surface area contributed by atoms with Gasteiger partial charge in [0.15, 0.2) is 0 Å². The highest BCUT2D eigenvalue weighted by atomic mass is 32.2. The van der Waals surface area contributed by atoms with E-state index in [9.17, 15) is 8.42 Å². The largest absolute Gasteiger partial charge is 0.496 e. The summed E-state index contributed by atoms with van der Waals surface area (Å²) in [4.78, 5) is 0. The molecule has 0 fully saturated rings. The van der Waals surface area contributed by atoms with Crippen LogP contribution in [0.4, 0.5) is 0 Å². The van der Waals surface area contributed by atoms with Crippen molar-refractivity contribution in [3.8, 4) is 5.75 Å². The second-order valence-electron chi connectivity index (χ2n) is 4.59. The van der Waals surface area contributed by atoms with E-state index in [0.29, 0.717) is 13.1 Å². The highest BCUT2D eigenvalue weighted by Crippen LogP contribution is 2.25. The molecule has 1 aromatic rings. The van der Waals surface area contributed by atoms with Crippen LogP contribution in [0.2, 0.25) is 0 Å². The monoisotopic (exact) mass is 286 g/mol. The lowest BCUT2D eigenvalue weighted by Crippen LogP contribution is -2.32. The first-order chi connectivity index (χ1) is 8.83. The Morgan fingerprint density at radius 3 is 2.58 bits per heavy atom. The van der Waals surface area contributed by atoms with Gasteiger partial charge < -0.3 is 10.1 Å². The second kappa shape index (κ2) is 6.88. The molecule has 0 heterocycles. The molecule has 0 saturated heterocycles. The molecule has 0 aromatic heterocycles. The molecule has 6 heteroatoms. The van der Waals surface area contributed by atoms with Crippen molar-refractivity contribution in [1.82, 2.24) is 10.0 Å². The summed E-state index contributed by atoms with van der Waals surface area (Å²) in [5.74, 6) is 0.835. The lowest BCUT2D eigenvalue weighted by Gasteiger charge is -2.18. The van der Waals surface area contributed by atoms with Gasteiger partial charge in [-0.3, -0.25) is 0 Å². The average molecular weight is 286 g/mol.